The van der Waals surface area contributed by atoms with Crippen molar-refractivity contribution >= 4 is 16.8 Å². The van der Waals surface area contributed by atoms with Crippen LogP contribution < -0.4 is 10.7 Å². The SMILES string of the molecule is CC/N=c1/cc2oc3cc(NC)c(C)cc3nc-2cc1C. The molecule has 0 bridgehead atoms. The summed E-state index contributed by atoms with van der Waals surface area (Å²) in [4.78, 5) is 9.20. The number of anilines is 1. The Hall–Kier alpha value is -2.36. The van der Waals surface area contributed by atoms with Gasteiger partial charge in [0, 0.05) is 31.4 Å². The Balaban J connectivity index is 2.34. The highest BCUT2D eigenvalue weighted by Gasteiger charge is 2.11. The van der Waals surface area contributed by atoms with Gasteiger partial charge in [-0.2, -0.15) is 0 Å². The summed E-state index contributed by atoms with van der Waals surface area (Å²) in [6, 6.07) is 8.05. The molecule has 108 valence electrons. The van der Waals surface area contributed by atoms with E-state index in [0.717, 1.165) is 51.3 Å². The second-order valence-electron chi connectivity index (χ2n) is 5.18. The zero-order valence-electron chi connectivity index (χ0n) is 12.8. The van der Waals surface area contributed by atoms with E-state index in [1.54, 1.807) is 0 Å². The van der Waals surface area contributed by atoms with Gasteiger partial charge in [-0.1, -0.05) is 0 Å². The zero-order valence-corrected chi connectivity index (χ0v) is 12.8. The third-order valence-corrected chi connectivity index (χ3v) is 3.64. The van der Waals surface area contributed by atoms with Crippen molar-refractivity contribution < 1.29 is 4.42 Å². The van der Waals surface area contributed by atoms with Crippen molar-refractivity contribution in [3.8, 4) is 11.5 Å². The van der Waals surface area contributed by atoms with Crippen LogP contribution in [0.5, 0.6) is 0 Å². The van der Waals surface area contributed by atoms with E-state index in [0.29, 0.717) is 0 Å². The number of nitrogens with zero attached hydrogens (tertiary/aromatic N) is 2. The van der Waals surface area contributed by atoms with Crippen LogP contribution in [0.25, 0.3) is 22.6 Å². The van der Waals surface area contributed by atoms with Gasteiger partial charge in [-0.15, -0.1) is 0 Å². The number of rotatable bonds is 2. The van der Waals surface area contributed by atoms with Crippen LogP contribution in [0, 0.1) is 13.8 Å². The molecule has 4 nitrogen and oxygen atoms in total. The minimum Gasteiger partial charge on any atom is -0.453 e. The molecule has 3 rings (SSSR count). The van der Waals surface area contributed by atoms with Crippen molar-refractivity contribution in [2.75, 3.05) is 18.9 Å². The molecule has 0 amide bonds. The van der Waals surface area contributed by atoms with E-state index in [4.69, 9.17) is 9.40 Å². The van der Waals surface area contributed by atoms with Crippen molar-refractivity contribution in [3.63, 3.8) is 0 Å². The first kappa shape index (κ1) is 13.6. The first-order valence-corrected chi connectivity index (χ1v) is 7.16. The molecule has 1 aromatic rings. The summed E-state index contributed by atoms with van der Waals surface area (Å²) < 4.78 is 6.02. The first-order valence-electron chi connectivity index (χ1n) is 7.16. The summed E-state index contributed by atoms with van der Waals surface area (Å²) >= 11 is 0. The lowest BCUT2D eigenvalue weighted by molar-refractivity contribution is 0.611. The Kier molecular flexibility index (Phi) is 3.37. The second kappa shape index (κ2) is 5.20. The number of nitrogens with one attached hydrogen (secondary N) is 1. The minimum atomic E-state index is 0.760. The van der Waals surface area contributed by atoms with Gasteiger partial charge in [0.15, 0.2) is 11.3 Å². The van der Waals surface area contributed by atoms with E-state index in [-0.39, 0.29) is 0 Å². The number of aromatic nitrogens is 1. The Bertz CT molecular complexity index is 849. The predicted molar refractivity (Wildman–Crippen MR) is 85.8 cm³/mol. The van der Waals surface area contributed by atoms with E-state index in [1.807, 2.05) is 38.2 Å². The van der Waals surface area contributed by atoms with Gasteiger partial charge in [-0.05, 0) is 44.0 Å². The van der Waals surface area contributed by atoms with E-state index in [1.165, 1.54) is 0 Å². The maximum atomic E-state index is 6.02. The first-order chi connectivity index (χ1) is 10.1. The van der Waals surface area contributed by atoms with Gasteiger partial charge in [-0.25, -0.2) is 4.98 Å². The maximum absolute atomic E-state index is 6.02. The molecule has 1 N–H and O–H groups in total. The lowest BCUT2D eigenvalue weighted by atomic mass is 10.1. The summed E-state index contributed by atoms with van der Waals surface area (Å²) in [5, 5.41) is 4.14. The van der Waals surface area contributed by atoms with Crippen molar-refractivity contribution in [2.24, 2.45) is 4.99 Å². The zero-order chi connectivity index (χ0) is 15.0. The van der Waals surface area contributed by atoms with Crippen LogP contribution in [-0.4, -0.2) is 18.6 Å². The van der Waals surface area contributed by atoms with Crippen molar-refractivity contribution in [3.05, 3.63) is 40.7 Å². The Labute approximate surface area is 123 Å². The number of benzene rings is 2. The van der Waals surface area contributed by atoms with E-state index < -0.39 is 0 Å². The van der Waals surface area contributed by atoms with Crippen molar-refractivity contribution in [1.29, 1.82) is 0 Å². The van der Waals surface area contributed by atoms with Crippen LogP contribution in [0.1, 0.15) is 18.1 Å². The molecule has 0 aromatic heterocycles. The fourth-order valence-corrected chi connectivity index (χ4v) is 2.53. The van der Waals surface area contributed by atoms with E-state index >= 15 is 0 Å². The third-order valence-electron chi connectivity index (χ3n) is 3.64. The molecule has 1 aliphatic carbocycles. The summed E-state index contributed by atoms with van der Waals surface area (Å²) in [6.07, 6.45) is 0. The molecule has 0 spiro atoms. The minimum absolute atomic E-state index is 0.760. The third kappa shape index (κ3) is 2.37. The van der Waals surface area contributed by atoms with Crippen LogP contribution in [0.2, 0.25) is 0 Å². The van der Waals surface area contributed by atoms with Crippen LogP contribution in [-0.2, 0) is 0 Å². The van der Waals surface area contributed by atoms with Gasteiger partial charge in [0.1, 0.15) is 11.2 Å². The van der Waals surface area contributed by atoms with Crippen LogP contribution in [0.3, 0.4) is 0 Å². The van der Waals surface area contributed by atoms with Gasteiger partial charge in [-0.3, -0.25) is 4.99 Å². The average Bonchev–Trinajstić information content (AvgIpc) is 2.46. The van der Waals surface area contributed by atoms with Gasteiger partial charge in [0.05, 0.1) is 5.36 Å². The summed E-state index contributed by atoms with van der Waals surface area (Å²) in [7, 11) is 1.91. The fourth-order valence-electron chi connectivity index (χ4n) is 2.53. The number of hydrogen-bond donors (Lipinski definition) is 1. The second-order valence-corrected chi connectivity index (χ2v) is 5.18. The van der Waals surface area contributed by atoms with Crippen LogP contribution in [0.4, 0.5) is 5.69 Å². The standard InChI is InChI=1S/C17H19N3O/c1-5-19-13-9-17-15(7-11(13)3)20-14-6-10(2)12(18-4)8-16(14)21-17/h6-9,18H,5H2,1-4H3/b19-13-. The quantitative estimate of drug-likeness (QED) is 0.731. The van der Waals surface area contributed by atoms with Gasteiger partial charge < -0.3 is 9.73 Å². The van der Waals surface area contributed by atoms with E-state index in [9.17, 15) is 0 Å². The highest BCUT2D eigenvalue weighted by Crippen LogP contribution is 2.28. The molecule has 1 aromatic carbocycles. The number of hydrogen-bond acceptors (Lipinski definition) is 4. The lowest BCUT2D eigenvalue weighted by Crippen LogP contribution is -2.08. The average molecular weight is 281 g/mol. The maximum Gasteiger partial charge on any atom is 0.155 e. The number of fused-ring (bicyclic) bond motifs is 2. The molecule has 1 aliphatic heterocycles. The molecule has 0 unspecified atom stereocenters. The molecule has 0 radical (unpaired) electrons. The normalized spacial score (nSPS) is 12.3. The van der Waals surface area contributed by atoms with Crippen molar-refractivity contribution in [1.82, 2.24) is 4.98 Å². The number of aryl methyl sites for hydroxylation is 2. The predicted octanol–water partition coefficient (Wildman–Crippen LogP) is 3.51. The topological polar surface area (TPSA) is 50.4 Å². The monoisotopic (exact) mass is 281 g/mol. The van der Waals surface area contributed by atoms with E-state index in [2.05, 4.69) is 24.2 Å². The molecule has 2 aliphatic rings. The Morgan fingerprint density at radius 1 is 1.14 bits per heavy atom. The summed E-state index contributed by atoms with van der Waals surface area (Å²) in [6.45, 7) is 6.90. The summed E-state index contributed by atoms with van der Waals surface area (Å²) in [5.41, 5.74) is 5.85. The largest absolute Gasteiger partial charge is 0.453 e. The molecular formula is C17H19N3O. The molecule has 0 fully saturated rings. The Morgan fingerprint density at radius 3 is 2.67 bits per heavy atom. The van der Waals surface area contributed by atoms with Crippen LogP contribution >= 0.6 is 0 Å². The molecule has 0 saturated carbocycles. The van der Waals surface area contributed by atoms with Crippen molar-refractivity contribution in [2.45, 2.75) is 20.8 Å². The molecule has 0 saturated heterocycles. The molecule has 4 heteroatoms. The smallest absolute Gasteiger partial charge is 0.155 e. The van der Waals surface area contributed by atoms with Gasteiger partial charge in [0.25, 0.3) is 0 Å². The van der Waals surface area contributed by atoms with Crippen LogP contribution in [0.15, 0.2) is 33.7 Å². The van der Waals surface area contributed by atoms with Gasteiger partial charge >= 0.3 is 0 Å². The molecule has 0 atom stereocenters. The molecular weight excluding hydrogens is 262 g/mol. The summed E-state index contributed by atoms with van der Waals surface area (Å²) in [5.74, 6) is 0.770. The molecule has 1 heterocycles. The van der Waals surface area contributed by atoms with Gasteiger partial charge in [0.2, 0.25) is 0 Å². The Morgan fingerprint density at radius 2 is 1.95 bits per heavy atom. The fraction of sp³-hybridized carbons (Fsp3) is 0.294. The highest BCUT2D eigenvalue weighted by molar-refractivity contribution is 5.81. The molecule has 21 heavy (non-hydrogen) atoms. The highest BCUT2D eigenvalue weighted by atomic mass is 16.3. The lowest BCUT2D eigenvalue weighted by Gasteiger charge is -2.10.